The lowest BCUT2D eigenvalue weighted by molar-refractivity contribution is -0.137. The molecule has 6 heteroatoms. The Balaban J connectivity index is 1.42. The van der Waals surface area contributed by atoms with E-state index in [4.69, 9.17) is 9.47 Å². The molecule has 5 rings (SSSR count). The number of carboxylic acids is 1. The maximum Gasteiger partial charge on any atom is 0.303 e. The van der Waals surface area contributed by atoms with Crippen molar-refractivity contribution in [2.45, 2.75) is 63.9 Å². The van der Waals surface area contributed by atoms with E-state index in [2.05, 4.69) is 12.1 Å². The van der Waals surface area contributed by atoms with Gasteiger partial charge in [-0.15, -0.1) is 0 Å². The Hall–Kier alpha value is -3.85. The van der Waals surface area contributed by atoms with Crippen LogP contribution in [-0.4, -0.2) is 18.2 Å². The van der Waals surface area contributed by atoms with Crippen LogP contribution >= 0.6 is 0 Å². The molecule has 0 heterocycles. The summed E-state index contributed by atoms with van der Waals surface area (Å²) in [7, 11) is 1.56. The first-order chi connectivity index (χ1) is 18.9. The van der Waals surface area contributed by atoms with E-state index >= 15 is 0 Å². The zero-order chi connectivity index (χ0) is 27.4. The maximum absolute atomic E-state index is 15.0. The molecule has 39 heavy (non-hydrogen) atoms. The molecule has 2 aliphatic carbocycles. The lowest BCUT2D eigenvalue weighted by Crippen LogP contribution is -2.17. The minimum atomic E-state index is -0.772. The van der Waals surface area contributed by atoms with E-state index in [1.54, 1.807) is 19.2 Å². The van der Waals surface area contributed by atoms with Crippen molar-refractivity contribution in [3.05, 3.63) is 83.2 Å². The third kappa shape index (κ3) is 6.25. The summed E-state index contributed by atoms with van der Waals surface area (Å²) in [6.07, 6.45) is 6.53. The van der Waals surface area contributed by atoms with Gasteiger partial charge < -0.3 is 14.6 Å². The van der Waals surface area contributed by atoms with Crippen molar-refractivity contribution in [2.24, 2.45) is 11.3 Å². The van der Waals surface area contributed by atoms with Crippen LogP contribution in [0.15, 0.2) is 60.7 Å². The van der Waals surface area contributed by atoms with Gasteiger partial charge in [-0.25, -0.2) is 4.39 Å². The predicted octanol–water partition coefficient (Wildman–Crippen LogP) is 7.68. The van der Waals surface area contributed by atoms with Gasteiger partial charge in [-0.05, 0) is 96.5 Å². The average molecular weight is 528 g/mol. The van der Waals surface area contributed by atoms with Crippen molar-refractivity contribution < 1.29 is 23.8 Å². The average Bonchev–Trinajstić information content (AvgIpc) is 3.69. The molecule has 2 aliphatic rings. The van der Waals surface area contributed by atoms with E-state index in [0.29, 0.717) is 36.0 Å². The number of benzene rings is 3. The lowest BCUT2D eigenvalue weighted by Gasteiger charge is -2.23. The van der Waals surface area contributed by atoms with E-state index in [-0.39, 0.29) is 18.2 Å². The fourth-order valence-corrected chi connectivity index (χ4v) is 5.97. The molecule has 0 bridgehead atoms. The van der Waals surface area contributed by atoms with Gasteiger partial charge in [0.05, 0.1) is 25.0 Å². The number of methoxy groups -OCH3 is 1. The van der Waals surface area contributed by atoms with Crippen LogP contribution in [0.4, 0.5) is 4.39 Å². The quantitative estimate of drug-likeness (QED) is 0.277. The van der Waals surface area contributed by atoms with Gasteiger partial charge in [-0.2, -0.15) is 5.26 Å². The molecule has 0 saturated heterocycles. The van der Waals surface area contributed by atoms with Crippen molar-refractivity contribution in [2.75, 3.05) is 7.11 Å². The molecule has 0 radical (unpaired) electrons. The summed E-state index contributed by atoms with van der Waals surface area (Å²) in [4.78, 5) is 11.4. The molecule has 2 saturated carbocycles. The van der Waals surface area contributed by atoms with Crippen LogP contribution in [0.1, 0.15) is 67.6 Å². The maximum atomic E-state index is 15.0. The zero-order valence-electron chi connectivity index (χ0n) is 22.3. The third-order valence-corrected chi connectivity index (χ3v) is 8.24. The molecule has 3 aromatic rings. The van der Waals surface area contributed by atoms with Gasteiger partial charge in [0.15, 0.2) is 0 Å². The first kappa shape index (κ1) is 26.7. The summed E-state index contributed by atoms with van der Waals surface area (Å²) in [5.41, 5.74) is 3.62. The van der Waals surface area contributed by atoms with E-state index in [1.165, 1.54) is 6.07 Å². The Labute approximate surface area is 229 Å². The summed E-state index contributed by atoms with van der Waals surface area (Å²) in [6, 6.07) is 20.9. The monoisotopic (exact) mass is 527 g/mol. The van der Waals surface area contributed by atoms with Crippen LogP contribution in [0.25, 0.3) is 11.1 Å². The summed E-state index contributed by atoms with van der Waals surface area (Å²) in [5.74, 6) is 0.573. The number of nitriles is 1. The van der Waals surface area contributed by atoms with Gasteiger partial charge >= 0.3 is 5.97 Å². The van der Waals surface area contributed by atoms with E-state index < -0.39 is 11.4 Å². The largest absolute Gasteiger partial charge is 0.497 e. The fourth-order valence-electron chi connectivity index (χ4n) is 5.97. The molecule has 0 amide bonds. The van der Waals surface area contributed by atoms with E-state index in [0.717, 1.165) is 60.8 Å². The Bertz CT molecular complexity index is 1380. The second-order valence-corrected chi connectivity index (χ2v) is 11.0. The SMILES string of the molecule is COc1ccc(F)c(-c2ccc(OCc3cccc(C(CC(=O)O)C4CC4)c3)cc2CC2(C#N)CCCC2)c1. The molecule has 3 aromatic carbocycles. The number of hydrogen-bond acceptors (Lipinski definition) is 4. The molecule has 2 fully saturated rings. The molecule has 0 aromatic heterocycles. The second-order valence-electron chi connectivity index (χ2n) is 11.0. The third-order valence-electron chi connectivity index (χ3n) is 8.24. The second kappa shape index (κ2) is 11.5. The van der Waals surface area contributed by atoms with Crippen LogP contribution in [0.2, 0.25) is 0 Å². The highest BCUT2D eigenvalue weighted by atomic mass is 19.1. The molecular weight excluding hydrogens is 493 g/mol. The Morgan fingerprint density at radius 2 is 1.85 bits per heavy atom. The highest BCUT2D eigenvalue weighted by Crippen LogP contribution is 2.45. The summed E-state index contributed by atoms with van der Waals surface area (Å²) < 4.78 is 26.5. The van der Waals surface area contributed by atoms with Crippen molar-refractivity contribution in [1.82, 2.24) is 0 Å². The first-order valence-electron chi connectivity index (χ1n) is 13.7. The highest BCUT2D eigenvalue weighted by molar-refractivity contribution is 5.71. The number of rotatable bonds is 11. The standard InChI is InChI=1S/C33H34FNO4/c1-38-26-10-12-31(34)30(17-26)28-11-9-27(16-25(28)19-33(21-35)13-2-3-14-33)39-20-22-5-4-6-24(15-22)29(18-32(36)37)23-7-8-23/h4-6,9-12,15-17,23,29H,2-3,7-8,13-14,18-20H2,1H3,(H,36,37). The van der Waals surface area contributed by atoms with Crippen molar-refractivity contribution in [3.63, 3.8) is 0 Å². The fraction of sp³-hybridized carbons (Fsp3) is 0.394. The number of hydrogen-bond donors (Lipinski definition) is 1. The normalized spacial score (nSPS) is 16.8. The lowest BCUT2D eigenvalue weighted by atomic mass is 9.79. The Morgan fingerprint density at radius 1 is 1.08 bits per heavy atom. The molecule has 5 nitrogen and oxygen atoms in total. The van der Waals surface area contributed by atoms with Gasteiger partial charge in [0.2, 0.25) is 0 Å². The van der Waals surface area contributed by atoms with E-state index in [9.17, 15) is 19.6 Å². The van der Waals surface area contributed by atoms with Crippen LogP contribution < -0.4 is 9.47 Å². The van der Waals surface area contributed by atoms with Crippen LogP contribution in [0.3, 0.4) is 0 Å². The smallest absolute Gasteiger partial charge is 0.303 e. The molecule has 202 valence electrons. The van der Waals surface area contributed by atoms with Crippen molar-refractivity contribution >= 4 is 5.97 Å². The first-order valence-corrected chi connectivity index (χ1v) is 13.7. The zero-order valence-corrected chi connectivity index (χ0v) is 22.3. The van der Waals surface area contributed by atoms with Crippen molar-refractivity contribution in [3.8, 4) is 28.7 Å². The van der Waals surface area contributed by atoms with Crippen LogP contribution in [0.5, 0.6) is 11.5 Å². The number of nitrogens with zero attached hydrogens (tertiary/aromatic N) is 1. The number of halogens is 1. The summed E-state index contributed by atoms with van der Waals surface area (Å²) in [5, 5.41) is 19.4. The minimum absolute atomic E-state index is 0.0275. The number of aliphatic carboxylic acids is 1. The highest BCUT2D eigenvalue weighted by Gasteiger charge is 2.35. The van der Waals surface area contributed by atoms with Crippen molar-refractivity contribution in [1.29, 1.82) is 5.26 Å². The summed E-state index contributed by atoms with van der Waals surface area (Å²) in [6.45, 7) is 0.327. The Kier molecular flexibility index (Phi) is 7.88. The molecule has 1 atom stereocenters. The minimum Gasteiger partial charge on any atom is -0.497 e. The van der Waals surface area contributed by atoms with Crippen LogP contribution in [-0.2, 0) is 17.8 Å². The van der Waals surface area contributed by atoms with Gasteiger partial charge in [0.25, 0.3) is 0 Å². The Morgan fingerprint density at radius 3 is 2.54 bits per heavy atom. The van der Waals surface area contributed by atoms with E-state index in [1.807, 2.05) is 36.4 Å². The number of ether oxygens (including phenoxy) is 2. The van der Waals surface area contributed by atoms with Crippen LogP contribution in [0, 0.1) is 28.5 Å². The van der Waals surface area contributed by atoms with Gasteiger partial charge in [0.1, 0.15) is 23.9 Å². The van der Waals surface area contributed by atoms with Gasteiger partial charge in [-0.3, -0.25) is 4.79 Å². The predicted molar refractivity (Wildman–Crippen MR) is 147 cm³/mol. The number of carbonyl (C=O) groups is 1. The van der Waals surface area contributed by atoms with Gasteiger partial charge in [-0.1, -0.05) is 43.2 Å². The topological polar surface area (TPSA) is 79.6 Å². The summed E-state index contributed by atoms with van der Waals surface area (Å²) >= 11 is 0. The molecule has 1 N–H and O–H groups in total. The molecule has 1 unspecified atom stereocenters. The molecular formula is C33H34FNO4. The molecule has 0 aliphatic heterocycles. The number of carboxylic acid groups (broad SMARTS) is 1. The molecule has 0 spiro atoms. The van der Waals surface area contributed by atoms with Gasteiger partial charge in [0, 0.05) is 5.56 Å².